The SMILES string of the molecule is Cc1c(N[C@H]2CC[C@H](N)CC2)nn2ccnc2c1Nc1ccc(C(=O)N2CCOCC2)cc1. The Hall–Kier alpha value is -3.17. The lowest BCUT2D eigenvalue weighted by molar-refractivity contribution is 0.0303. The zero-order valence-corrected chi connectivity index (χ0v) is 19.0. The highest BCUT2D eigenvalue weighted by Crippen LogP contribution is 2.30. The number of anilines is 3. The summed E-state index contributed by atoms with van der Waals surface area (Å²) in [6, 6.07) is 8.28. The molecule has 1 aliphatic carbocycles. The molecule has 2 fully saturated rings. The molecule has 0 unspecified atom stereocenters. The number of nitrogens with two attached hydrogens (primary N) is 1. The summed E-state index contributed by atoms with van der Waals surface area (Å²) >= 11 is 0. The number of hydrogen-bond acceptors (Lipinski definition) is 7. The number of rotatable bonds is 5. The van der Waals surface area contributed by atoms with Crippen molar-refractivity contribution in [2.45, 2.75) is 44.7 Å². The van der Waals surface area contributed by atoms with E-state index in [2.05, 4.69) is 22.5 Å². The molecular weight excluding hydrogens is 418 g/mol. The number of benzene rings is 1. The van der Waals surface area contributed by atoms with Crippen molar-refractivity contribution in [2.24, 2.45) is 5.73 Å². The monoisotopic (exact) mass is 449 g/mol. The second-order valence-corrected chi connectivity index (χ2v) is 8.91. The fourth-order valence-electron chi connectivity index (χ4n) is 4.56. The molecule has 1 saturated heterocycles. The van der Waals surface area contributed by atoms with Gasteiger partial charge in [-0.1, -0.05) is 0 Å². The van der Waals surface area contributed by atoms with E-state index >= 15 is 0 Å². The van der Waals surface area contributed by atoms with Gasteiger partial charge >= 0.3 is 0 Å². The van der Waals surface area contributed by atoms with Crippen molar-refractivity contribution in [3.05, 3.63) is 47.8 Å². The summed E-state index contributed by atoms with van der Waals surface area (Å²) in [5, 5.41) is 11.9. The highest BCUT2D eigenvalue weighted by molar-refractivity contribution is 5.94. The number of nitrogens with one attached hydrogen (secondary N) is 2. The Morgan fingerprint density at radius 2 is 1.85 bits per heavy atom. The number of carbonyl (C=O) groups excluding carboxylic acids is 1. The fraction of sp³-hybridized carbons (Fsp3) is 0.458. The van der Waals surface area contributed by atoms with E-state index in [1.165, 1.54) is 0 Å². The lowest BCUT2D eigenvalue weighted by atomic mass is 9.92. The van der Waals surface area contributed by atoms with Crippen LogP contribution in [-0.4, -0.2) is 63.8 Å². The van der Waals surface area contributed by atoms with E-state index in [1.54, 1.807) is 10.7 Å². The number of ether oxygens (including phenoxy) is 1. The molecule has 2 aromatic heterocycles. The van der Waals surface area contributed by atoms with E-state index in [-0.39, 0.29) is 5.91 Å². The Balaban J connectivity index is 1.36. The van der Waals surface area contributed by atoms with Crippen molar-refractivity contribution in [1.82, 2.24) is 19.5 Å². The molecule has 5 rings (SSSR count). The molecule has 2 aliphatic rings. The van der Waals surface area contributed by atoms with Gasteiger partial charge in [-0.25, -0.2) is 9.50 Å². The maximum absolute atomic E-state index is 12.7. The Bertz CT molecular complexity index is 1110. The van der Waals surface area contributed by atoms with Gasteiger partial charge in [0.25, 0.3) is 5.91 Å². The predicted molar refractivity (Wildman–Crippen MR) is 128 cm³/mol. The van der Waals surface area contributed by atoms with Crippen molar-refractivity contribution in [2.75, 3.05) is 36.9 Å². The zero-order chi connectivity index (χ0) is 22.8. The molecule has 4 N–H and O–H groups in total. The van der Waals surface area contributed by atoms with E-state index < -0.39 is 0 Å². The molecule has 3 aromatic rings. The van der Waals surface area contributed by atoms with Crippen LogP contribution in [-0.2, 0) is 4.74 Å². The van der Waals surface area contributed by atoms with Crippen LogP contribution in [0, 0.1) is 6.92 Å². The number of imidazole rings is 1. The van der Waals surface area contributed by atoms with E-state index in [0.29, 0.717) is 44.0 Å². The van der Waals surface area contributed by atoms with Crippen LogP contribution >= 0.6 is 0 Å². The van der Waals surface area contributed by atoms with Crippen molar-refractivity contribution < 1.29 is 9.53 Å². The summed E-state index contributed by atoms with van der Waals surface area (Å²) < 4.78 is 7.14. The van der Waals surface area contributed by atoms with Gasteiger partial charge in [0, 0.05) is 54.4 Å². The van der Waals surface area contributed by atoms with Gasteiger partial charge in [-0.05, 0) is 56.9 Å². The van der Waals surface area contributed by atoms with Crippen molar-refractivity contribution in [3.8, 4) is 0 Å². The third kappa shape index (κ3) is 4.65. The van der Waals surface area contributed by atoms with E-state index in [4.69, 9.17) is 15.6 Å². The Labute approximate surface area is 193 Å². The van der Waals surface area contributed by atoms with Crippen LogP contribution in [0.4, 0.5) is 17.2 Å². The molecule has 0 atom stereocenters. The molecule has 1 saturated carbocycles. The van der Waals surface area contributed by atoms with E-state index in [1.807, 2.05) is 35.4 Å². The summed E-state index contributed by atoms with van der Waals surface area (Å²) in [6.45, 7) is 4.51. The standard InChI is InChI=1S/C24H31N7O2/c1-16-21(27-19-6-2-17(3-7-19)24(32)30-12-14-33-15-13-30)23-26-10-11-31(23)29-22(16)28-20-8-4-18(25)5-9-20/h2-3,6-7,10-11,18,20,27H,4-5,8-9,12-15,25H2,1H3,(H,28,29)/t18-,20-. The van der Waals surface area contributed by atoms with Gasteiger partial charge in [-0.15, -0.1) is 5.10 Å². The maximum Gasteiger partial charge on any atom is 0.254 e. The molecule has 0 radical (unpaired) electrons. The van der Waals surface area contributed by atoms with Gasteiger partial charge in [-0.2, -0.15) is 0 Å². The molecule has 174 valence electrons. The van der Waals surface area contributed by atoms with E-state index in [0.717, 1.165) is 54.1 Å². The minimum absolute atomic E-state index is 0.0410. The highest BCUT2D eigenvalue weighted by Gasteiger charge is 2.22. The smallest absolute Gasteiger partial charge is 0.254 e. The summed E-state index contributed by atoms with van der Waals surface area (Å²) in [4.78, 5) is 19.1. The Morgan fingerprint density at radius 3 is 2.58 bits per heavy atom. The zero-order valence-electron chi connectivity index (χ0n) is 19.0. The van der Waals surface area contributed by atoms with Crippen LogP contribution in [0.1, 0.15) is 41.6 Å². The molecule has 1 aliphatic heterocycles. The lowest BCUT2D eigenvalue weighted by Crippen LogP contribution is -2.40. The second-order valence-electron chi connectivity index (χ2n) is 8.91. The number of carbonyl (C=O) groups is 1. The van der Waals surface area contributed by atoms with Gasteiger partial charge in [0.05, 0.1) is 18.9 Å². The summed E-state index contributed by atoms with van der Waals surface area (Å²) in [5.74, 6) is 0.891. The van der Waals surface area contributed by atoms with Gasteiger partial charge in [0.1, 0.15) is 0 Å². The average molecular weight is 450 g/mol. The Kier molecular flexibility index (Phi) is 6.15. The first kappa shape index (κ1) is 21.7. The number of hydrogen-bond donors (Lipinski definition) is 3. The van der Waals surface area contributed by atoms with Crippen LogP contribution in [0.5, 0.6) is 0 Å². The topological polar surface area (TPSA) is 110 Å². The third-order valence-electron chi connectivity index (χ3n) is 6.60. The molecule has 0 bridgehead atoms. The molecule has 9 heteroatoms. The fourth-order valence-corrected chi connectivity index (χ4v) is 4.56. The molecule has 0 spiro atoms. The van der Waals surface area contributed by atoms with Crippen LogP contribution in [0.3, 0.4) is 0 Å². The molecule has 1 aromatic carbocycles. The number of nitrogens with zero attached hydrogens (tertiary/aromatic N) is 4. The quantitative estimate of drug-likeness (QED) is 0.549. The number of aromatic nitrogens is 3. The van der Waals surface area contributed by atoms with Crippen LogP contribution in [0.25, 0.3) is 5.65 Å². The van der Waals surface area contributed by atoms with Crippen LogP contribution in [0.15, 0.2) is 36.7 Å². The van der Waals surface area contributed by atoms with Crippen LogP contribution in [0.2, 0.25) is 0 Å². The van der Waals surface area contributed by atoms with Crippen molar-refractivity contribution >= 4 is 28.7 Å². The van der Waals surface area contributed by atoms with Gasteiger partial charge < -0.3 is 26.0 Å². The van der Waals surface area contributed by atoms with Crippen molar-refractivity contribution in [1.29, 1.82) is 0 Å². The largest absolute Gasteiger partial charge is 0.378 e. The third-order valence-corrected chi connectivity index (χ3v) is 6.60. The highest BCUT2D eigenvalue weighted by atomic mass is 16.5. The normalized spacial score (nSPS) is 21.2. The number of morpholine rings is 1. The van der Waals surface area contributed by atoms with Gasteiger partial charge in [0.2, 0.25) is 0 Å². The van der Waals surface area contributed by atoms with Crippen LogP contribution < -0.4 is 16.4 Å². The Morgan fingerprint density at radius 1 is 1.12 bits per heavy atom. The van der Waals surface area contributed by atoms with E-state index in [9.17, 15) is 4.79 Å². The first-order chi connectivity index (χ1) is 16.1. The molecular formula is C24H31N7O2. The van der Waals surface area contributed by atoms with Gasteiger partial charge in [0.15, 0.2) is 11.5 Å². The maximum atomic E-state index is 12.7. The molecule has 9 nitrogen and oxygen atoms in total. The average Bonchev–Trinajstić information content (AvgIpc) is 3.32. The number of amides is 1. The van der Waals surface area contributed by atoms with Gasteiger partial charge in [-0.3, -0.25) is 4.79 Å². The first-order valence-electron chi connectivity index (χ1n) is 11.7. The molecule has 1 amide bonds. The summed E-state index contributed by atoms with van der Waals surface area (Å²) in [5.41, 5.74) is 10.3. The summed E-state index contributed by atoms with van der Waals surface area (Å²) in [6.07, 6.45) is 7.76. The molecule has 33 heavy (non-hydrogen) atoms. The van der Waals surface area contributed by atoms with Crippen molar-refractivity contribution in [3.63, 3.8) is 0 Å². The second kappa shape index (κ2) is 9.36. The predicted octanol–water partition coefficient (Wildman–Crippen LogP) is 2.94. The summed E-state index contributed by atoms with van der Waals surface area (Å²) in [7, 11) is 0. The number of fused-ring (bicyclic) bond motifs is 1. The molecule has 3 heterocycles. The minimum Gasteiger partial charge on any atom is -0.378 e. The first-order valence-corrected chi connectivity index (χ1v) is 11.7. The lowest BCUT2D eigenvalue weighted by Gasteiger charge is -2.28. The minimum atomic E-state index is 0.0410.